The van der Waals surface area contributed by atoms with E-state index in [1.54, 1.807) is 18.2 Å². The number of amides is 3. The van der Waals surface area contributed by atoms with Crippen LogP contribution in [0, 0.1) is 12.8 Å². The molecule has 0 bridgehead atoms. The van der Waals surface area contributed by atoms with Gasteiger partial charge in [0, 0.05) is 23.2 Å². The highest BCUT2D eigenvalue weighted by molar-refractivity contribution is 6.01. The number of anilines is 1. The van der Waals surface area contributed by atoms with E-state index < -0.39 is 29.5 Å². The molecule has 3 aromatic carbocycles. The number of unbranched alkanes of at least 4 members (excludes halogenated alkanes) is 1. The van der Waals surface area contributed by atoms with Gasteiger partial charge in [-0.15, -0.1) is 0 Å². The Morgan fingerprint density at radius 1 is 0.833 bits per heavy atom. The summed E-state index contributed by atoms with van der Waals surface area (Å²) in [5.74, 6) is -1.21. The maximum absolute atomic E-state index is 14.1. The third-order valence-corrected chi connectivity index (χ3v) is 9.82. The van der Waals surface area contributed by atoms with Gasteiger partial charge in [-0.25, -0.2) is 4.79 Å². The molecule has 250 valence electrons. The standard InChI is InChI=1S/C39H44N4O5/c1-24-21-35(44)48-34-23-26(18-19-27(24)34)41-37(45)32(17-9-10-20-40)42-38(46)33(22-25-11-3-2-4-12-25)43-39(47)36-30-15-7-5-13-28(30)29-14-6-8-16-31(29)36/h5-8,13-16,18-19,21,23,25,32-33,36H,2-4,9-12,17,20,22,40H2,1H3,(H,41,45)(H,42,46)(H,43,47). The lowest BCUT2D eigenvalue weighted by Crippen LogP contribution is -2.53. The van der Waals surface area contributed by atoms with Gasteiger partial charge in [0.25, 0.3) is 0 Å². The molecule has 1 fully saturated rings. The minimum Gasteiger partial charge on any atom is -0.423 e. The number of benzene rings is 3. The first-order valence-corrected chi connectivity index (χ1v) is 17.2. The lowest BCUT2D eigenvalue weighted by molar-refractivity contribution is -0.131. The third-order valence-electron chi connectivity index (χ3n) is 9.82. The highest BCUT2D eigenvalue weighted by Crippen LogP contribution is 2.44. The van der Waals surface area contributed by atoms with E-state index in [1.165, 1.54) is 12.5 Å². The van der Waals surface area contributed by atoms with Gasteiger partial charge in [0.1, 0.15) is 17.7 Å². The molecule has 5 N–H and O–H groups in total. The monoisotopic (exact) mass is 648 g/mol. The fourth-order valence-corrected chi connectivity index (χ4v) is 7.35. The minimum absolute atomic E-state index is 0.222. The smallest absolute Gasteiger partial charge is 0.336 e. The van der Waals surface area contributed by atoms with Crippen molar-refractivity contribution in [2.45, 2.75) is 82.7 Å². The molecule has 2 atom stereocenters. The van der Waals surface area contributed by atoms with Crippen LogP contribution in [0.15, 0.2) is 82.0 Å². The number of fused-ring (bicyclic) bond motifs is 4. The van der Waals surface area contributed by atoms with Gasteiger partial charge in [0.05, 0.1) is 5.92 Å². The molecule has 0 radical (unpaired) electrons. The van der Waals surface area contributed by atoms with E-state index in [-0.39, 0.29) is 11.8 Å². The average Bonchev–Trinajstić information content (AvgIpc) is 3.42. The van der Waals surface area contributed by atoms with E-state index in [4.69, 9.17) is 10.2 Å². The van der Waals surface area contributed by atoms with Crippen molar-refractivity contribution in [3.8, 4) is 11.1 Å². The van der Waals surface area contributed by atoms with Gasteiger partial charge >= 0.3 is 5.63 Å². The molecule has 9 nitrogen and oxygen atoms in total. The summed E-state index contributed by atoms with van der Waals surface area (Å²) >= 11 is 0. The number of carbonyl (C=O) groups excluding carboxylic acids is 3. The highest BCUT2D eigenvalue weighted by Gasteiger charge is 2.36. The van der Waals surface area contributed by atoms with E-state index in [0.29, 0.717) is 49.4 Å². The molecule has 0 spiro atoms. The predicted molar refractivity (Wildman–Crippen MR) is 188 cm³/mol. The Balaban J connectivity index is 1.23. The molecule has 1 heterocycles. The lowest BCUT2D eigenvalue weighted by Gasteiger charge is -2.29. The van der Waals surface area contributed by atoms with Gasteiger partial charge in [0.2, 0.25) is 17.7 Å². The zero-order valence-electron chi connectivity index (χ0n) is 27.4. The Bertz CT molecular complexity index is 1820. The summed E-state index contributed by atoms with van der Waals surface area (Å²) in [6.45, 7) is 2.29. The van der Waals surface area contributed by atoms with Crippen LogP contribution < -0.4 is 27.3 Å². The second kappa shape index (κ2) is 15.0. The normalized spacial score (nSPS) is 15.7. The van der Waals surface area contributed by atoms with Crippen molar-refractivity contribution in [1.82, 2.24) is 10.6 Å². The van der Waals surface area contributed by atoms with Gasteiger partial charge < -0.3 is 26.1 Å². The number of nitrogens with one attached hydrogen (secondary N) is 3. The summed E-state index contributed by atoms with van der Waals surface area (Å²) in [5.41, 5.74) is 10.8. The Kier molecular flexibility index (Phi) is 10.3. The number of rotatable bonds is 12. The minimum atomic E-state index is -0.858. The number of nitrogens with two attached hydrogens (primary N) is 1. The predicted octanol–water partition coefficient (Wildman–Crippen LogP) is 5.92. The highest BCUT2D eigenvalue weighted by atomic mass is 16.4. The number of carbonyl (C=O) groups is 3. The summed E-state index contributed by atoms with van der Waals surface area (Å²) in [5, 5.41) is 9.80. The van der Waals surface area contributed by atoms with Gasteiger partial charge in [-0.2, -0.15) is 0 Å². The van der Waals surface area contributed by atoms with Gasteiger partial charge in [-0.05, 0) is 85.0 Å². The second-order valence-corrected chi connectivity index (χ2v) is 13.2. The quantitative estimate of drug-likeness (QED) is 0.111. The molecular formula is C39H44N4O5. The van der Waals surface area contributed by atoms with Crippen molar-refractivity contribution < 1.29 is 18.8 Å². The van der Waals surface area contributed by atoms with Crippen molar-refractivity contribution in [2.24, 2.45) is 11.7 Å². The van der Waals surface area contributed by atoms with E-state index in [0.717, 1.165) is 58.9 Å². The zero-order chi connectivity index (χ0) is 33.6. The molecule has 2 aliphatic carbocycles. The molecular weight excluding hydrogens is 604 g/mol. The summed E-state index contributed by atoms with van der Waals surface area (Å²) in [4.78, 5) is 53.9. The molecule has 1 aromatic heterocycles. The molecule has 2 unspecified atom stereocenters. The summed E-state index contributed by atoms with van der Waals surface area (Å²) in [6, 6.07) is 20.8. The largest absolute Gasteiger partial charge is 0.423 e. The van der Waals surface area contributed by atoms with Crippen molar-refractivity contribution in [3.05, 3.63) is 99.9 Å². The van der Waals surface area contributed by atoms with E-state index in [9.17, 15) is 19.2 Å². The van der Waals surface area contributed by atoms with Crippen molar-refractivity contribution >= 4 is 34.4 Å². The van der Waals surface area contributed by atoms with Crippen molar-refractivity contribution in [1.29, 1.82) is 0 Å². The zero-order valence-corrected chi connectivity index (χ0v) is 27.4. The lowest BCUT2D eigenvalue weighted by atomic mass is 9.84. The summed E-state index contributed by atoms with van der Waals surface area (Å²) < 4.78 is 5.37. The van der Waals surface area contributed by atoms with E-state index >= 15 is 0 Å². The first-order chi connectivity index (χ1) is 23.3. The molecule has 48 heavy (non-hydrogen) atoms. The average molecular weight is 649 g/mol. The van der Waals surface area contributed by atoms with Crippen LogP contribution in [0.3, 0.4) is 0 Å². The molecule has 0 saturated heterocycles. The van der Waals surface area contributed by atoms with Gasteiger partial charge in [0.15, 0.2) is 0 Å². The first kappa shape index (κ1) is 33.2. The number of hydrogen-bond acceptors (Lipinski definition) is 6. The molecule has 9 heteroatoms. The van der Waals surface area contributed by atoms with Crippen LogP contribution in [-0.2, 0) is 14.4 Å². The SMILES string of the molecule is Cc1cc(=O)oc2cc(NC(=O)C(CCCCN)NC(=O)C(CC3CCCCC3)NC(=O)C3c4ccccc4-c4ccccc43)ccc12. The third kappa shape index (κ3) is 7.36. The Labute approximate surface area is 280 Å². The van der Waals surface area contributed by atoms with Gasteiger partial charge in [-0.3, -0.25) is 14.4 Å². The van der Waals surface area contributed by atoms with Crippen LogP contribution >= 0.6 is 0 Å². The Morgan fingerprint density at radius 2 is 1.52 bits per heavy atom. The maximum Gasteiger partial charge on any atom is 0.336 e. The van der Waals surface area contributed by atoms with Crippen molar-refractivity contribution in [3.63, 3.8) is 0 Å². The van der Waals surface area contributed by atoms with Crippen LogP contribution in [0.4, 0.5) is 5.69 Å². The topological polar surface area (TPSA) is 144 Å². The van der Waals surface area contributed by atoms with Crippen LogP contribution in [0.2, 0.25) is 0 Å². The van der Waals surface area contributed by atoms with Gasteiger partial charge in [-0.1, -0.05) is 80.6 Å². The summed E-state index contributed by atoms with van der Waals surface area (Å²) in [6.07, 6.45) is 7.62. The van der Waals surface area contributed by atoms with E-state index in [2.05, 4.69) is 16.0 Å². The van der Waals surface area contributed by atoms with Crippen LogP contribution in [0.5, 0.6) is 0 Å². The number of hydrogen-bond donors (Lipinski definition) is 4. The fourth-order valence-electron chi connectivity index (χ4n) is 7.35. The fraction of sp³-hybridized carbons (Fsp3) is 0.385. The molecule has 1 saturated carbocycles. The van der Waals surface area contributed by atoms with Crippen LogP contribution in [0.1, 0.15) is 80.4 Å². The molecule has 4 aromatic rings. The van der Waals surface area contributed by atoms with Crippen LogP contribution in [-0.4, -0.2) is 36.3 Å². The Morgan fingerprint density at radius 3 is 2.21 bits per heavy atom. The second-order valence-electron chi connectivity index (χ2n) is 13.2. The van der Waals surface area contributed by atoms with Crippen molar-refractivity contribution in [2.75, 3.05) is 11.9 Å². The molecule has 3 amide bonds. The van der Waals surface area contributed by atoms with E-state index in [1.807, 2.05) is 55.5 Å². The molecule has 0 aliphatic heterocycles. The molecule has 2 aliphatic rings. The van der Waals surface area contributed by atoms with Crippen LogP contribution in [0.25, 0.3) is 22.1 Å². The maximum atomic E-state index is 14.1. The first-order valence-electron chi connectivity index (χ1n) is 17.2. The number of aryl methyl sites for hydroxylation is 1. The molecule has 6 rings (SSSR count). The Hall–Kier alpha value is -4.76. The summed E-state index contributed by atoms with van der Waals surface area (Å²) in [7, 11) is 0.